The zero-order valence-electron chi connectivity index (χ0n) is 16.0. The lowest BCUT2D eigenvalue weighted by Crippen LogP contribution is -2.48. The van der Waals surface area contributed by atoms with E-state index < -0.39 is 14.9 Å². The van der Waals surface area contributed by atoms with Gasteiger partial charge in [-0.1, -0.05) is 36.4 Å². The summed E-state index contributed by atoms with van der Waals surface area (Å²) in [5.74, 6) is 0. The fourth-order valence-corrected chi connectivity index (χ4v) is 5.64. The molecule has 0 aliphatic carbocycles. The molecule has 30 heavy (non-hydrogen) atoms. The average molecular weight is 445 g/mol. The van der Waals surface area contributed by atoms with Crippen LogP contribution in [0.15, 0.2) is 64.9 Å². The normalized spacial score (nSPS) is 15.9. The number of rotatable bonds is 6. The number of aromatic nitrogens is 1. The van der Waals surface area contributed by atoms with Gasteiger partial charge in [0.1, 0.15) is 5.01 Å². The summed E-state index contributed by atoms with van der Waals surface area (Å²) in [4.78, 5) is 17.2. The Kier molecular flexibility index (Phi) is 5.91. The van der Waals surface area contributed by atoms with Crippen molar-refractivity contribution in [3.05, 3.63) is 75.8 Å². The number of nitro groups is 1. The molecule has 0 atom stereocenters. The third-order valence-electron chi connectivity index (χ3n) is 4.96. The topological polar surface area (TPSA) is 96.6 Å². The van der Waals surface area contributed by atoms with Crippen molar-refractivity contribution in [2.45, 2.75) is 11.4 Å². The second-order valence-corrected chi connectivity index (χ2v) is 9.74. The first-order chi connectivity index (χ1) is 14.4. The van der Waals surface area contributed by atoms with E-state index >= 15 is 0 Å². The summed E-state index contributed by atoms with van der Waals surface area (Å²) < 4.78 is 27.1. The fraction of sp³-hybridized carbons (Fsp3) is 0.250. The molecule has 0 bridgehead atoms. The summed E-state index contributed by atoms with van der Waals surface area (Å²) >= 11 is 1.60. The molecule has 1 fully saturated rings. The minimum atomic E-state index is -3.76. The Bertz CT molecular complexity index is 1140. The van der Waals surface area contributed by atoms with Gasteiger partial charge in [0, 0.05) is 55.8 Å². The number of nitro benzene ring substituents is 1. The Morgan fingerprint density at radius 3 is 2.47 bits per heavy atom. The second-order valence-electron chi connectivity index (χ2n) is 6.94. The maximum Gasteiger partial charge on any atom is 0.270 e. The fourth-order valence-electron chi connectivity index (χ4n) is 3.36. The molecule has 4 rings (SSSR count). The van der Waals surface area contributed by atoms with Gasteiger partial charge in [-0.2, -0.15) is 4.31 Å². The Hall–Kier alpha value is -2.66. The van der Waals surface area contributed by atoms with Crippen LogP contribution in [0.5, 0.6) is 0 Å². The third kappa shape index (κ3) is 4.41. The molecular formula is C20H20N4O4S2. The molecule has 0 amide bonds. The number of thiazole rings is 1. The van der Waals surface area contributed by atoms with Gasteiger partial charge in [-0.05, 0) is 6.07 Å². The minimum Gasteiger partial charge on any atom is -0.295 e. The molecule has 0 radical (unpaired) electrons. The van der Waals surface area contributed by atoms with E-state index in [0.717, 1.165) is 22.3 Å². The van der Waals surface area contributed by atoms with Crippen molar-refractivity contribution in [3.63, 3.8) is 0 Å². The van der Waals surface area contributed by atoms with Crippen molar-refractivity contribution >= 4 is 27.0 Å². The molecule has 2 heterocycles. The lowest BCUT2D eigenvalue weighted by Gasteiger charge is -2.33. The van der Waals surface area contributed by atoms with Gasteiger partial charge in [0.15, 0.2) is 0 Å². The van der Waals surface area contributed by atoms with Crippen LogP contribution in [0.1, 0.15) is 5.69 Å². The van der Waals surface area contributed by atoms with Crippen LogP contribution in [0, 0.1) is 10.1 Å². The van der Waals surface area contributed by atoms with Gasteiger partial charge in [-0.15, -0.1) is 11.3 Å². The summed E-state index contributed by atoms with van der Waals surface area (Å²) in [6, 6.07) is 15.2. The molecule has 10 heteroatoms. The van der Waals surface area contributed by atoms with Crippen molar-refractivity contribution in [2.24, 2.45) is 0 Å². The van der Waals surface area contributed by atoms with Gasteiger partial charge >= 0.3 is 0 Å². The van der Waals surface area contributed by atoms with Crippen LogP contribution in [-0.2, 0) is 16.6 Å². The standard InChI is InChI=1S/C20H20N4O4S2/c25-24(26)18-7-4-8-19(13-18)30(27,28)23-11-9-22(10-12-23)14-17-15-29-20(21-17)16-5-2-1-3-6-16/h1-8,13,15H,9-12,14H2. The van der Waals surface area contributed by atoms with Gasteiger partial charge < -0.3 is 0 Å². The Morgan fingerprint density at radius 2 is 1.77 bits per heavy atom. The van der Waals surface area contributed by atoms with Crippen molar-refractivity contribution in [2.75, 3.05) is 26.2 Å². The molecule has 0 N–H and O–H groups in total. The molecule has 3 aromatic rings. The van der Waals surface area contributed by atoms with Crippen molar-refractivity contribution in [1.82, 2.24) is 14.2 Å². The number of benzene rings is 2. The SMILES string of the molecule is O=[N+]([O-])c1cccc(S(=O)(=O)N2CCN(Cc3csc(-c4ccccc4)n3)CC2)c1. The summed E-state index contributed by atoms with van der Waals surface area (Å²) in [6.45, 7) is 2.48. The smallest absolute Gasteiger partial charge is 0.270 e. The predicted octanol–water partition coefficient (Wildman–Crippen LogP) is 3.22. The molecule has 156 valence electrons. The first-order valence-corrected chi connectivity index (χ1v) is 11.7. The van der Waals surface area contributed by atoms with E-state index in [9.17, 15) is 18.5 Å². The average Bonchev–Trinajstić information content (AvgIpc) is 3.23. The molecule has 0 unspecified atom stereocenters. The van der Waals surface area contributed by atoms with E-state index in [0.29, 0.717) is 32.7 Å². The summed E-state index contributed by atoms with van der Waals surface area (Å²) in [7, 11) is -3.76. The number of hydrogen-bond donors (Lipinski definition) is 0. The lowest BCUT2D eigenvalue weighted by atomic mass is 10.2. The molecule has 0 spiro atoms. The second kappa shape index (κ2) is 8.60. The van der Waals surface area contributed by atoms with Crippen LogP contribution in [0.25, 0.3) is 10.6 Å². The van der Waals surface area contributed by atoms with Crippen molar-refractivity contribution < 1.29 is 13.3 Å². The Morgan fingerprint density at radius 1 is 1.03 bits per heavy atom. The van der Waals surface area contributed by atoms with Crippen LogP contribution >= 0.6 is 11.3 Å². The van der Waals surface area contributed by atoms with Crippen LogP contribution < -0.4 is 0 Å². The highest BCUT2D eigenvalue weighted by molar-refractivity contribution is 7.89. The quantitative estimate of drug-likeness (QED) is 0.428. The Balaban J connectivity index is 1.39. The van der Waals surface area contributed by atoms with Crippen LogP contribution in [0.3, 0.4) is 0 Å². The molecule has 8 nitrogen and oxygen atoms in total. The van der Waals surface area contributed by atoms with Crippen LogP contribution in [0.2, 0.25) is 0 Å². The van der Waals surface area contributed by atoms with Gasteiger partial charge in [-0.3, -0.25) is 15.0 Å². The maximum atomic E-state index is 12.9. The van der Waals surface area contributed by atoms with Crippen LogP contribution in [0.4, 0.5) is 5.69 Å². The zero-order chi connectivity index (χ0) is 21.1. The number of non-ortho nitro benzene ring substituents is 1. The lowest BCUT2D eigenvalue weighted by molar-refractivity contribution is -0.385. The largest absolute Gasteiger partial charge is 0.295 e. The minimum absolute atomic E-state index is 0.0443. The number of nitrogens with zero attached hydrogens (tertiary/aromatic N) is 4. The van der Waals surface area contributed by atoms with Gasteiger partial charge in [0.05, 0.1) is 15.5 Å². The molecule has 1 saturated heterocycles. The molecule has 1 aromatic heterocycles. The highest BCUT2D eigenvalue weighted by Crippen LogP contribution is 2.25. The monoisotopic (exact) mass is 444 g/mol. The molecule has 2 aromatic carbocycles. The summed E-state index contributed by atoms with van der Waals surface area (Å²) in [5.41, 5.74) is 1.82. The van der Waals surface area contributed by atoms with E-state index in [2.05, 4.69) is 4.90 Å². The van der Waals surface area contributed by atoms with Crippen molar-refractivity contribution in [3.8, 4) is 10.6 Å². The summed E-state index contributed by atoms with van der Waals surface area (Å²) in [6.07, 6.45) is 0. The van der Waals surface area contributed by atoms with E-state index in [1.165, 1.54) is 22.5 Å². The van der Waals surface area contributed by atoms with Crippen LogP contribution in [-0.4, -0.2) is 53.7 Å². The third-order valence-corrected chi connectivity index (χ3v) is 7.79. The molecule has 1 aliphatic heterocycles. The number of sulfonamides is 1. The first kappa shape index (κ1) is 20.6. The maximum absolute atomic E-state index is 12.9. The zero-order valence-corrected chi connectivity index (χ0v) is 17.7. The molecule has 1 aliphatic rings. The van der Waals surface area contributed by atoms with Gasteiger partial charge in [-0.25, -0.2) is 13.4 Å². The van der Waals surface area contributed by atoms with Gasteiger partial charge in [0.2, 0.25) is 10.0 Å². The Labute approximate surface area is 178 Å². The highest BCUT2D eigenvalue weighted by Gasteiger charge is 2.29. The molecule has 0 saturated carbocycles. The number of hydrogen-bond acceptors (Lipinski definition) is 7. The highest BCUT2D eigenvalue weighted by atomic mass is 32.2. The van der Waals surface area contributed by atoms with E-state index in [1.54, 1.807) is 11.3 Å². The number of piperazine rings is 1. The van der Waals surface area contributed by atoms with E-state index in [4.69, 9.17) is 4.98 Å². The van der Waals surface area contributed by atoms with E-state index in [-0.39, 0.29) is 10.6 Å². The summed E-state index contributed by atoms with van der Waals surface area (Å²) in [5, 5.41) is 14.0. The predicted molar refractivity (Wildman–Crippen MR) is 115 cm³/mol. The van der Waals surface area contributed by atoms with E-state index in [1.807, 2.05) is 35.7 Å². The van der Waals surface area contributed by atoms with Crippen molar-refractivity contribution in [1.29, 1.82) is 0 Å². The first-order valence-electron chi connectivity index (χ1n) is 9.40. The van der Waals surface area contributed by atoms with Gasteiger partial charge in [0.25, 0.3) is 5.69 Å². The molecular weight excluding hydrogens is 424 g/mol.